The summed E-state index contributed by atoms with van der Waals surface area (Å²) in [5.74, 6) is 0.0773. The fourth-order valence-corrected chi connectivity index (χ4v) is 4.15. The molecule has 8 nitrogen and oxygen atoms in total. The van der Waals surface area contributed by atoms with Crippen LogP contribution in [-0.2, 0) is 9.59 Å². The number of carbonyl (C=O) groups is 2. The van der Waals surface area contributed by atoms with Crippen LogP contribution in [0.25, 0.3) is 5.76 Å². The Labute approximate surface area is 206 Å². The van der Waals surface area contributed by atoms with Crippen molar-refractivity contribution >= 4 is 17.4 Å². The first kappa shape index (κ1) is 26.1. The van der Waals surface area contributed by atoms with Crippen molar-refractivity contribution in [1.29, 1.82) is 0 Å². The van der Waals surface area contributed by atoms with Crippen LogP contribution < -0.4 is 14.2 Å². The van der Waals surface area contributed by atoms with Crippen molar-refractivity contribution in [2.45, 2.75) is 32.4 Å². The highest BCUT2D eigenvalue weighted by Gasteiger charge is 2.46. The van der Waals surface area contributed by atoms with Crippen LogP contribution in [-0.4, -0.2) is 74.1 Å². The lowest BCUT2D eigenvalue weighted by Gasteiger charge is -2.27. The van der Waals surface area contributed by atoms with Crippen molar-refractivity contribution < 1.29 is 28.9 Å². The van der Waals surface area contributed by atoms with E-state index in [9.17, 15) is 14.7 Å². The molecular formula is C27H34N2O6. The minimum atomic E-state index is -0.801. The van der Waals surface area contributed by atoms with Crippen LogP contribution in [0, 0.1) is 0 Å². The lowest BCUT2D eigenvalue weighted by molar-refractivity contribution is -0.140. The zero-order valence-corrected chi connectivity index (χ0v) is 21.2. The quantitative estimate of drug-likeness (QED) is 0.312. The SMILES string of the molecule is COc1ccc([C@@H]2C(=C(O)c3ccc(OC(C)C)cc3)C(=O)C(=O)N2CCCN(C)C)c(OC)c1. The molecule has 2 aromatic rings. The molecule has 1 aliphatic heterocycles. The molecule has 0 saturated carbocycles. The number of methoxy groups -OCH3 is 2. The predicted molar refractivity (Wildman–Crippen MR) is 134 cm³/mol. The summed E-state index contributed by atoms with van der Waals surface area (Å²) in [4.78, 5) is 29.9. The molecule has 1 fully saturated rings. The van der Waals surface area contributed by atoms with Crippen molar-refractivity contribution in [2.24, 2.45) is 0 Å². The summed E-state index contributed by atoms with van der Waals surface area (Å²) in [6.45, 7) is 4.94. The summed E-state index contributed by atoms with van der Waals surface area (Å²) in [5, 5.41) is 11.3. The van der Waals surface area contributed by atoms with E-state index >= 15 is 0 Å². The second-order valence-corrected chi connectivity index (χ2v) is 8.95. The second kappa shape index (κ2) is 11.3. The maximum Gasteiger partial charge on any atom is 0.295 e. The van der Waals surface area contributed by atoms with Crippen molar-refractivity contribution in [3.63, 3.8) is 0 Å². The third-order valence-corrected chi connectivity index (χ3v) is 5.78. The van der Waals surface area contributed by atoms with E-state index in [0.29, 0.717) is 41.3 Å². The molecule has 1 saturated heterocycles. The molecule has 1 N–H and O–H groups in total. The highest BCUT2D eigenvalue weighted by Crippen LogP contribution is 2.43. The van der Waals surface area contributed by atoms with Gasteiger partial charge in [0.25, 0.3) is 11.7 Å². The van der Waals surface area contributed by atoms with E-state index in [1.54, 1.807) is 49.6 Å². The molecule has 0 radical (unpaired) electrons. The average molecular weight is 483 g/mol. The molecule has 35 heavy (non-hydrogen) atoms. The Morgan fingerprint density at radius 1 is 1.03 bits per heavy atom. The van der Waals surface area contributed by atoms with E-state index in [4.69, 9.17) is 14.2 Å². The number of likely N-dealkylation sites (tertiary alicyclic amines) is 1. The number of aliphatic hydroxyl groups excluding tert-OH is 1. The van der Waals surface area contributed by atoms with Crippen molar-refractivity contribution in [3.8, 4) is 17.2 Å². The van der Waals surface area contributed by atoms with E-state index in [2.05, 4.69) is 0 Å². The van der Waals surface area contributed by atoms with E-state index in [1.807, 2.05) is 32.8 Å². The Morgan fingerprint density at radius 2 is 1.69 bits per heavy atom. The molecule has 1 atom stereocenters. The number of rotatable bonds is 10. The van der Waals surface area contributed by atoms with Gasteiger partial charge >= 0.3 is 0 Å². The first-order valence-electron chi connectivity index (χ1n) is 11.6. The number of hydrogen-bond acceptors (Lipinski definition) is 7. The second-order valence-electron chi connectivity index (χ2n) is 8.95. The number of nitrogens with zero attached hydrogens (tertiary/aromatic N) is 2. The first-order chi connectivity index (χ1) is 16.7. The Hall–Kier alpha value is -3.52. The van der Waals surface area contributed by atoms with Crippen LogP contribution >= 0.6 is 0 Å². The van der Waals surface area contributed by atoms with Gasteiger partial charge in [0.2, 0.25) is 0 Å². The molecule has 3 rings (SSSR count). The average Bonchev–Trinajstić information content (AvgIpc) is 3.08. The van der Waals surface area contributed by atoms with Crippen molar-refractivity contribution in [1.82, 2.24) is 9.80 Å². The fraction of sp³-hybridized carbons (Fsp3) is 0.407. The molecule has 8 heteroatoms. The normalized spacial score (nSPS) is 17.4. The smallest absolute Gasteiger partial charge is 0.295 e. The Kier molecular flexibility index (Phi) is 8.40. The molecule has 1 aliphatic rings. The van der Waals surface area contributed by atoms with Gasteiger partial charge in [-0.1, -0.05) is 0 Å². The number of Topliss-reactive ketones (excluding diaryl/α,β-unsaturated/α-hetero) is 1. The van der Waals surface area contributed by atoms with Gasteiger partial charge in [-0.15, -0.1) is 0 Å². The van der Waals surface area contributed by atoms with Gasteiger partial charge in [-0.2, -0.15) is 0 Å². The standard InChI is InChI=1S/C27H34N2O6/c1-17(2)35-19-10-8-18(9-11-19)25(30)23-24(21-13-12-20(33-5)16-22(21)34-6)29(27(32)26(23)31)15-7-14-28(3)4/h8-13,16-17,24,30H,7,14-15H2,1-6H3/t24-/m1/s1. The van der Waals surface area contributed by atoms with Crippen molar-refractivity contribution in [2.75, 3.05) is 41.4 Å². The predicted octanol–water partition coefficient (Wildman–Crippen LogP) is 3.86. The summed E-state index contributed by atoms with van der Waals surface area (Å²) >= 11 is 0. The Morgan fingerprint density at radius 3 is 2.26 bits per heavy atom. The fourth-order valence-electron chi connectivity index (χ4n) is 4.15. The Balaban J connectivity index is 2.12. The van der Waals surface area contributed by atoms with Crippen LogP contribution in [0.15, 0.2) is 48.0 Å². The number of ether oxygens (including phenoxy) is 3. The van der Waals surface area contributed by atoms with Gasteiger partial charge in [0.1, 0.15) is 23.0 Å². The van der Waals surface area contributed by atoms with E-state index < -0.39 is 17.7 Å². The molecule has 1 heterocycles. The first-order valence-corrected chi connectivity index (χ1v) is 11.6. The van der Waals surface area contributed by atoms with Gasteiger partial charge in [-0.25, -0.2) is 0 Å². The number of aliphatic hydroxyl groups is 1. The number of benzene rings is 2. The summed E-state index contributed by atoms with van der Waals surface area (Å²) in [7, 11) is 6.97. The minimum Gasteiger partial charge on any atom is -0.507 e. The van der Waals surface area contributed by atoms with Crippen molar-refractivity contribution in [3.05, 3.63) is 59.2 Å². The largest absolute Gasteiger partial charge is 0.507 e. The number of hydrogen-bond donors (Lipinski definition) is 1. The topological polar surface area (TPSA) is 88.5 Å². The van der Waals surface area contributed by atoms with E-state index in [0.717, 1.165) is 6.54 Å². The number of ketones is 1. The maximum absolute atomic E-state index is 13.2. The van der Waals surface area contributed by atoms with Gasteiger partial charge < -0.3 is 29.1 Å². The molecule has 0 spiro atoms. The lowest BCUT2D eigenvalue weighted by Crippen LogP contribution is -2.32. The molecule has 188 valence electrons. The maximum atomic E-state index is 13.2. The molecule has 0 aromatic heterocycles. The molecule has 0 aliphatic carbocycles. The zero-order valence-electron chi connectivity index (χ0n) is 21.2. The van der Waals surface area contributed by atoms with Crippen LogP contribution in [0.1, 0.15) is 37.4 Å². The highest BCUT2D eigenvalue weighted by atomic mass is 16.5. The van der Waals surface area contributed by atoms with E-state index in [1.165, 1.54) is 12.0 Å². The van der Waals surface area contributed by atoms with Crippen LogP contribution in [0.5, 0.6) is 17.2 Å². The molecule has 0 unspecified atom stereocenters. The van der Waals surface area contributed by atoms with Gasteiger partial charge in [-0.05, 0) is 77.3 Å². The van der Waals surface area contributed by atoms with Crippen LogP contribution in [0.4, 0.5) is 0 Å². The Bertz CT molecular complexity index is 1090. The molecule has 1 amide bonds. The number of carbonyl (C=O) groups excluding carboxylic acids is 2. The van der Waals surface area contributed by atoms with Gasteiger partial charge in [-0.3, -0.25) is 9.59 Å². The third-order valence-electron chi connectivity index (χ3n) is 5.78. The summed E-state index contributed by atoms with van der Waals surface area (Å²) in [6, 6.07) is 11.2. The van der Waals surface area contributed by atoms with Gasteiger partial charge in [0.05, 0.1) is 31.9 Å². The van der Waals surface area contributed by atoms with Crippen LogP contribution in [0.3, 0.4) is 0 Å². The molecular weight excluding hydrogens is 448 g/mol. The van der Waals surface area contributed by atoms with E-state index in [-0.39, 0.29) is 17.4 Å². The van der Waals surface area contributed by atoms with Gasteiger partial charge in [0.15, 0.2) is 0 Å². The summed E-state index contributed by atoms with van der Waals surface area (Å²) in [5.41, 5.74) is 1.05. The van der Waals surface area contributed by atoms with Crippen LogP contribution in [0.2, 0.25) is 0 Å². The summed E-state index contributed by atoms with van der Waals surface area (Å²) < 4.78 is 16.6. The lowest BCUT2D eigenvalue weighted by atomic mass is 9.94. The third kappa shape index (κ3) is 5.77. The molecule has 0 bridgehead atoms. The zero-order chi connectivity index (χ0) is 25.7. The highest BCUT2D eigenvalue weighted by molar-refractivity contribution is 6.46. The van der Waals surface area contributed by atoms with Gasteiger partial charge in [0, 0.05) is 23.7 Å². The number of amides is 1. The summed E-state index contributed by atoms with van der Waals surface area (Å²) in [6.07, 6.45) is 0.667. The molecule has 2 aromatic carbocycles. The monoisotopic (exact) mass is 482 g/mol. The minimum absolute atomic E-state index is 0.00414.